The average molecular weight is 461 g/mol. The Morgan fingerprint density at radius 3 is 2.45 bits per heavy atom. The van der Waals surface area contributed by atoms with E-state index in [1.807, 2.05) is 40.7 Å². The van der Waals surface area contributed by atoms with Crippen LogP contribution in [0.2, 0.25) is 0 Å². The van der Waals surface area contributed by atoms with Gasteiger partial charge in [-0.2, -0.15) is 5.10 Å². The van der Waals surface area contributed by atoms with E-state index in [9.17, 15) is 14.0 Å². The number of nitrogens with zero attached hydrogens (tertiary/aromatic N) is 4. The van der Waals surface area contributed by atoms with Gasteiger partial charge in [0.2, 0.25) is 5.91 Å². The highest BCUT2D eigenvalue weighted by Crippen LogP contribution is 2.26. The van der Waals surface area contributed by atoms with Crippen LogP contribution in [0.1, 0.15) is 59.1 Å². The number of carbonyl (C=O) groups excluding carboxylic acids is 2. The fraction of sp³-hybridized carbons (Fsp3) is 0.565. The summed E-state index contributed by atoms with van der Waals surface area (Å²) < 4.78 is 20.0. The van der Waals surface area contributed by atoms with E-state index in [-0.39, 0.29) is 18.0 Å². The lowest BCUT2D eigenvalue weighted by molar-refractivity contribution is -0.130. The molecule has 1 aliphatic heterocycles. The van der Waals surface area contributed by atoms with Crippen molar-refractivity contribution in [3.8, 4) is 5.82 Å². The van der Waals surface area contributed by atoms with Crippen molar-refractivity contribution < 1.29 is 18.7 Å². The molecular weight excluding hydrogens is 427 g/mol. The Labute approximate surface area is 193 Å². The van der Waals surface area contributed by atoms with Crippen LogP contribution in [0.3, 0.4) is 0 Å². The summed E-state index contributed by atoms with van der Waals surface area (Å²) in [5, 5.41) is 10.3. The number of pyridine rings is 1. The molecule has 1 atom stereocenters. The topological polar surface area (TPSA) is 101 Å². The van der Waals surface area contributed by atoms with Gasteiger partial charge in [-0.1, -0.05) is 13.0 Å². The Hall–Kier alpha value is -3.01. The summed E-state index contributed by atoms with van der Waals surface area (Å²) in [6.07, 6.45) is 4.63. The van der Waals surface area contributed by atoms with Crippen molar-refractivity contribution in [2.75, 3.05) is 19.6 Å². The number of likely N-dealkylation sites (N-methyl/N-ethyl adjacent to an activating group) is 1. The average Bonchev–Trinajstić information content (AvgIpc) is 3.19. The minimum absolute atomic E-state index is 0.112. The third kappa shape index (κ3) is 6.07. The van der Waals surface area contributed by atoms with Crippen LogP contribution in [0.25, 0.3) is 5.82 Å². The van der Waals surface area contributed by atoms with Crippen molar-refractivity contribution in [3.05, 3.63) is 42.1 Å². The maximum absolute atomic E-state index is 13.3. The van der Waals surface area contributed by atoms with Crippen molar-refractivity contribution in [1.29, 1.82) is 0 Å². The number of rotatable bonds is 6. The molecule has 0 spiro atoms. The molecule has 0 aromatic carbocycles. The molecule has 2 aromatic heterocycles. The maximum Gasteiger partial charge on any atom is 0.410 e. The third-order valence-corrected chi connectivity index (χ3v) is 5.62. The number of nitrogens with one attached hydrogen (secondary N) is 2. The van der Waals surface area contributed by atoms with Gasteiger partial charge in [-0.3, -0.25) is 4.79 Å². The molecule has 0 saturated carbocycles. The molecule has 0 bridgehead atoms. The molecule has 3 rings (SSSR count). The van der Waals surface area contributed by atoms with Crippen molar-refractivity contribution in [1.82, 2.24) is 30.3 Å². The number of carbonyl (C=O) groups is 2. The van der Waals surface area contributed by atoms with E-state index in [2.05, 4.69) is 20.7 Å². The molecule has 0 aliphatic carbocycles. The molecule has 2 aromatic rings. The molecule has 2 N–H and O–H groups in total. The van der Waals surface area contributed by atoms with Gasteiger partial charge in [0.1, 0.15) is 11.1 Å². The highest BCUT2D eigenvalue weighted by atomic mass is 19.1. The number of amides is 2. The Morgan fingerprint density at radius 1 is 1.24 bits per heavy atom. The van der Waals surface area contributed by atoms with E-state index in [1.54, 1.807) is 17.2 Å². The first-order chi connectivity index (χ1) is 15.5. The summed E-state index contributed by atoms with van der Waals surface area (Å²) in [4.78, 5) is 31.7. The van der Waals surface area contributed by atoms with Gasteiger partial charge < -0.3 is 20.3 Å². The quantitative estimate of drug-likeness (QED) is 0.687. The molecule has 1 saturated heterocycles. The zero-order valence-electron chi connectivity index (χ0n) is 19.9. The second-order valence-corrected chi connectivity index (χ2v) is 9.33. The van der Waals surface area contributed by atoms with Gasteiger partial charge in [0.25, 0.3) is 0 Å². The molecule has 3 heterocycles. The van der Waals surface area contributed by atoms with E-state index in [4.69, 9.17) is 4.74 Å². The van der Waals surface area contributed by atoms with Gasteiger partial charge in [-0.25, -0.2) is 18.9 Å². The number of piperidine rings is 1. The smallest absolute Gasteiger partial charge is 0.410 e. The van der Waals surface area contributed by atoms with Crippen LogP contribution < -0.4 is 10.6 Å². The van der Waals surface area contributed by atoms with Crippen LogP contribution in [0, 0.1) is 5.82 Å². The van der Waals surface area contributed by atoms with Crippen LogP contribution in [-0.2, 0) is 9.53 Å². The molecule has 0 radical (unpaired) electrons. The molecule has 1 aliphatic rings. The van der Waals surface area contributed by atoms with E-state index >= 15 is 0 Å². The minimum Gasteiger partial charge on any atom is -0.444 e. The lowest BCUT2D eigenvalue weighted by atomic mass is 9.86. The summed E-state index contributed by atoms with van der Waals surface area (Å²) in [6, 6.07) is 3.27. The minimum atomic E-state index is -0.762. The van der Waals surface area contributed by atoms with Gasteiger partial charge in [-0.15, -0.1) is 0 Å². The molecular formula is C23H33FN6O3. The summed E-state index contributed by atoms with van der Waals surface area (Å²) in [5.41, 5.74) is -0.505. The molecule has 10 heteroatoms. The summed E-state index contributed by atoms with van der Waals surface area (Å²) in [6.45, 7) is 10.8. The number of likely N-dealkylation sites (tertiary alicyclic amines) is 1. The first kappa shape index (κ1) is 24.6. The number of ether oxygens (including phenoxy) is 1. The largest absolute Gasteiger partial charge is 0.444 e. The van der Waals surface area contributed by atoms with Gasteiger partial charge in [0, 0.05) is 19.3 Å². The van der Waals surface area contributed by atoms with E-state index < -0.39 is 17.0 Å². The first-order valence-corrected chi connectivity index (χ1v) is 11.2. The van der Waals surface area contributed by atoms with Crippen LogP contribution in [0.5, 0.6) is 0 Å². The highest BCUT2D eigenvalue weighted by Gasteiger charge is 2.42. The Morgan fingerprint density at radius 2 is 1.94 bits per heavy atom. The monoisotopic (exact) mass is 460 g/mol. The standard InChI is InChI=1S/C23H33FN6O3/c1-6-26-23(9-11-29(12-10-23)21(32)33-22(3,4)5)20(31)28-16(2)17-7-8-19(25-13-17)30-15-18(24)14-27-30/h7-8,13-16,26H,6,9-12H2,1-5H3,(H,28,31). The zero-order valence-corrected chi connectivity index (χ0v) is 19.9. The summed E-state index contributed by atoms with van der Waals surface area (Å²) in [5.74, 6) is -0.0633. The van der Waals surface area contributed by atoms with Gasteiger partial charge in [0.15, 0.2) is 11.6 Å². The molecule has 2 amide bonds. The second-order valence-electron chi connectivity index (χ2n) is 9.33. The number of hydrogen-bond acceptors (Lipinski definition) is 6. The Balaban J connectivity index is 1.63. The second kappa shape index (κ2) is 9.86. The van der Waals surface area contributed by atoms with Crippen LogP contribution >= 0.6 is 0 Å². The Kier molecular flexibility index (Phi) is 7.36. The zero-order chi connectivity index (χ0) is 24.2. The number of halogens is 1. The molecule has 33 heavy (non-hydrogen) atoms. The van der Waals surface area contributed by atoms with Gasteiger partial charge in [0.05, 0.1) is 18.4 Å². The number of hydrogen-bond donors (Lipinski definition) is 2. The SMILES string of the molecule is CCNC1(C(=O)NC(C)c2ccc(-n3cc(F)cn3)nc2)CCN(C(=O)OC(C)(C)C)CC1. The molecule has 1 unspecified atom stereocenters. The first-order valence-electron chi connectivity index (χ1n) is 11.2. The highest BCUT2D eigenvalue weighted by molar-refractivity contribution is 5.87. The van der Waals surface area contributed by atoms with E-state index in [0.29, 0.717) is 38.3 Å². The Bertz CT molecular complexity index is 961. The predicted molar refractivity (Wildman–Crippen MR) is 121 cm³/mol. The number of aromatic nitrogens is 3. The third-order valence-electron chi connectivity index (χ3n) is 5.62. The van der Waals surface area contributed by atoms with Crippen molar-refractivity contribution in [2.45, 2.75) is 64.6 Å². The van der Waals surface area contributed by atoms with Crippen molar-refractivity contribution in [2.24, 2.45) is 0 Å². The predicted octanol–water partition coefficient (Wildman–Crippen LogP) is 2.96. The van der Waals surface area contributed by atoms with Gasteiger partial charge in [-0.05, 0) is 58.7 Å². The fourth-order valence-electron chi connectivity index (χ4n) is 3.85. The van der Waals surface area contributed by atoms with E-state index in [1.165, 1.54) is 10.9 Å². The van der Waals surface area contributed by atoms with Crippen LogP contribution in [0.15, 0.2) is 30.7 Å². The lowest BCUT2D eigenvalue weighted by Crippen LogP contribution is -2.62. The van der Waals surface area contributed by atoms with Crippen LogP contribution in [-0.4, -0.2) is 62.4 Å². The van der Waals surface area contributed by atoms with E-state index in [0.717, 1.165) is 11.8 Å². The lowest BCUT2D eigenvalue weighted by Gasteiger charge is -2.41. The summed E-state index contributed by atoms with van der Waals surface area (Å²) >= 11 is 0. The molecule has 180 valence electrons. The van der Waals surface area contributed by atoms with Gasteiger partial charge >= 0.3 is 6.09 Å². The normalized spacial score (nSPS) is 16.8. The fourth-order valence-corrected chi connectivity index (χ4v) is 3.85. The summed E-state index contributed by atoms with van der Waals surface area (Å²) in [7, 11) is 0. The van der Waals surface area contributed by atoms with Crippen molar-refractivity contribution in [3.63, 3.8) is 0 Å². The van der Waals surface area contributed by atoms with Crippen molar-refractivity contribution >= 4 is 12.0 Å². The maximum atomic E-state index is 13.3. The molecule has 1 fully saturated rings. The molecule has 9 nitrogen and oxygen atoms in total. The van der Waals surface area contributed by atoms with Crippen LogP contribution in [0.4, 0.5) is 9.18 Å².